The number of pyridine rings is 1. The van der Waals surface area contributed by atoms with E-state index in [1.807, 2.05) is 4.72 Å². The molecule has 2 fully saturated rings. The number of alkyl halides is 5. The zero-order chi connectivity index (χ0) is 26.7. The standard InChI is InChI=1S/C24H20F6N4O2S/c25-18-9-15-16(20(22(26)27)33-37(35,36)14-7-8-14)11-34(13-4-2-5-13)23(15)32-21(18)19-12(10-31)3-1-6-17(19)24(28,29)30/h1,3,6,9,11,13-14,20,22,33H,2,4-5,7-8H2/t20-/m0/s1. The van der Waals surface area contributed by atoms with Crippen LogP contribution >= 0.6 is 0 Å². The van der Waals surface area contributed by atoms with Gasteiger partial charge < -0.3 is 4.57 Å². The van der Waals surface area contributed by atoms with Gasteiger partial charge in [0.1, 0.15) is 23.2 Å². The molecule has 6 nitrogen and oxygen atoms in total. The Morgan fingerprint density at radius 3 is 2.41 bits per heavy atom. The van der Waals surface area contributed by atoms with E-state index in [1.54, 1.807) is 6.07 Å². The molecule has 2 saturated carbocycles. The van der Waals surface area contributed by atoms with Crippen molar-refractivity contribution in [1.82, 2.24) is 14.3 Å². The lowest BCUT2D eigenvalue weighted by atomic mass is 9.93. The van der Waals surface area contributed by atoms with Crippen LogP contribution in [-0.4, -0.2) is 29.6 Å². The fourth-order valence-corrected chi connectivity index (χ4v) is 6.11. The molecule has 0 saturated heterocycles. The quantitative estimate of drug-likeness (QED) is 0.380. The molecule has 13 heteroatoms. The third-order valence-corrected chi connectivity index (χ3v) is 8.76. The van der Waals surface area contributed by atoms with Gasteiger partial charge in [-0.25, -0.2) is 31.3 Å². The highest BCUT2D eigenvalue weighted by Gasteiger charge is 2.41. The lowest BCUT2D eigenvalue weighted by Gasteiger charge is -2.27. The van der Waals surface area contributed by atoms with Crippen molar-refractivity contribution < 1.29 is 34.8 Å². The molecule has 3 aromatic rings. The van der Waals surface area contributed by atoms with E-state index in [0.29, 0.717) is 31.7 Å². The predicted molar refractivity (Wildman–Crippen MR) is 122 cm³/mol. The number of sulfonamides is 1. The minimum absolute atomic E-state index is 0.0618. The molecule has 196 valence electrons. The number of aromatic nitrogens is 2. The number of halogens is 6. The average molecular weight is 543 g/mol. The van der Waals surface area contributed by atoms with Crippen molar-refractivity contribution in [1.29, 1.82) is 5.26 Å². The number of benzene rings is 1. The highest BCUT2D eigenvalue weighted by Crippen LogP contribution is 2.43. The first-order valence-electron chi connectivity index (χ1n) is 11.5. The van der Waals surface area contributed by atoms with E-state index < -0.39 is 62.1 Å². The summed E-state index contributed by atoms with van der Waals surface area (Å²) in [5.41, 5.74) is -3.49. The summed E-state index contributed by atoms with van der Waals surface area (Å²) in [7, 11) is -4.06. The van der Waals surface area contributed by atoms with Gasteiger partial charge in [0.2, 0.25) is 10.0 Å². The molecule has 1 atom stereocenters. The van der Waals surface area contributed by atoms with E-state index in [9.17, 15) is 35.6 Å². The topological polar surface area (TPSA) is 87.8 Å². The van der Waals surface area contributed by atoms with Gasteiger partial charge >= 0.3 is 6.18 Å². The first-order chi connectivity index (χ1) is 17.4. The molecule has 2 heterocycles. The van der Waals surface area contributed by atoms with Gasteiger partial charge in [-0.05, 0) is 50.3 Å². The molecule has 2 aromatic heterocycles. The van der Waals surface area contributed by atoms with E-state index in [0.717, 1.165) is 24.6 Å². The monoisotopic (exact) mass is 542 g/mol. The number of fused-ring (bicyclic) bond motifs is 1. The van der Waals surface area contributed by atoms with E-state index in [4.69, 9.17) is 0 Å². The van der Waals surface area contributed by atoms with Crippen molar-refractivity contribution >= 4 is 21.1 Å². The average Bonchev–Trinajstić information content (AvgIpc) is 3.60. The van der Waals surface area contributed by atoms with Crippen molar-refractivity contribution in [2.75, 3.05) is 0 Å². The maximum atomic E-state index is 15.4. The fraction of sp³-hybridized carbons (Fsp3) is 0.417. The summed E-state index contributed by atoms with van der Waals surface area (Å²) in [6.45, 7) is 0. The molecule has 2 aliphatic rings. The van der Waals surface area contributed by atoms with Crippen LogP contribution < -0.4 is 4.72 Å². The summed E-state index contributed by atoms with van der Waals surface area (Å²) in [6, 6.07) is 3.02. The van der Waals surface area contributed by atoms with Crippen LogP contribution in [0, 0.1) is 17.1 Å². The van der Waals surface area contributed by atoms with Crippen LogP contribution in [0.25, 0.3) is 22.3 Å². The number of hydrogen-bond donors (Lipinski definition) is 1. The van der Waals surface area contributed by atoms with Gasteiger partial charge in [0, 0.05) is 28.8 Å². The molecule has 0 unspecified atom stereocenters. The lowest BCUT2D eigenvalue weighted by Crippen LogP contribution is -2.35. The Kier molecular flexibility index (Phi) is 6.23. The molecule has 1 N–H and O–H groups in total. The summed E-state index contributed by atoms with van der Waals surface area (Å²) >= 11 is 0. The zero-order valence-corrected chi connectivity index (χ0v) is 19.9. The third-order valence-electron chi connectivity index (χ3n) is 6.83. The van der Waals surface area contributed by atoms with E-state index in [-0.39, 0.29) is 22.6 Å². The number of nitriles is 1. The van der Waals surface area contributed by atoms with E-state index in [1.165, 1.54) is 10.8 Å². The molecular weight excluding hydrogens is 522 g/mol. The van der Waals surface area contributed by atoms with Crippen LogP contribution in [0.5, 0.6) is 0 Å². The molecular formula is C24H20F6N4O2S. The molecule has 5 rings (SSSR count). The number of hydrogen-bond acceptors (Lipinski definition) is 4. The van der Waals surface area contributed by atoms with Crippen molar-refractivity contribution in [2.24, 2.45) is 0 Å². The normalized spacial score (nSPS) is 17.7. The van der Waals surface area contributed by atoms with Gasteiger partial charge in [-0.2, -0.15) is 18.4 Å². The second-order valence-corrected chi connectivity index (χ2v) is 11.3. The number of nitrogens with one attached hydrogen (secondary N) is 1. The molecule has 37 heavy (non-hydrogen) atoms. The maximum Gasteiger partial charge on any atom is 0.417 e. The molecule has 0 spiro atoms. The Labute approximate surface area is 208 Å². The van der Waals surface area contributed by atoms with E-state index >= 15 is 4.39 Å². The van der Waals surface area contributed by atoms with Crippen LogP contribution in [0.15, 0.2) is 30.5 Å². The minimum atomic E-state index is -4.92. The van der Waals surface area contributed by atoms with Gasteiger partial charge in [-0.15, -0.1) is 0 Å². The van der Waals surface area contributed by atoms with Gasteiger partial charge in [0.15, 0.2) is 0 Å². The Balaban J connectivity index is 1.74. The van der Waals surface area contributed by atoms with Gasteiger partial charge in [0.05, 0.1) is 22.4 Å². The number of nitrogens with zero attached hydrogens (tertiary/aromatic N) is 3. The first-order valence-corrected chi connectivity index (χ1v) is 13.1. The molecule has 0 radical (unpaired) electrons. The first kappa shape index (κ1) is 25.5. The van der Waals surface area contributed by atoms with Crippen LogP contribution in [-0.2, 0) is 16.2 Å². The SMILES string of the molecule is N#Cc1cccc(C(F)(F)F)c1-c1nc2c(cc1F)c([C@H](NS(=O)(=O)C1CC1)C(F)F)cn2C1CCC1. The van der Waals surface area contributed by atoms with Crippen molar-refractivity contribution in [3.63, 3.8) is 0 Å². The molecule has 2 aliphatic carbocycles. The van der Waals surface area contributed by atoms with Crippen molar-refractivity contribution in [3.8, 4) is 17.3 Å². The van der Waals surface area contributed by atoms with Crippen LogP contribution in [0.3, 0.4) is 0 Å². The van der Waals surface area contributed by atoms with Crippen molar-refractivity contribution in [3.05, 3.63) is 53.0 Å². The summed E-state index contributed by atoms with van der Waals surface area (Å²) in [5, 5.41) is 8.52. The van der Waals surface area contributed by atoms with Gasteiger partial charge in [0.25, 0.3) is 6.43 Å². The summed E-state index contributed by atoms with van der Waals surface area (Å²) < 4.78 is 114. The highest BCUT2D eigenvalue weighted by atomic mass is 32.2. The molecule has 0 bridgehead atoms. The van der Waals surface area contributed by atoms with Crippen molar-refractivity contribution in [2.45, 2.75) is 62.0 Å². The fourth-order valence-electron chi connectivity index (χ4n) is 4.57. The Hall–Kier alpha value is -3.11. The number of rotatable bonds is 7. The Morgan fingerprint density at radius 2 is 1.86 bits per heavy atom. The smallest absolute Gasteiger partial charge is 0.329 e. The van der Waals surface area contributed by atoms with Crippen LogP contribution in [0.1, 0.15) is 60.9 Å². The minimum Gasteiger partial charge on any atom is -0.329 e. The van der Waals surface area contributed by atoms with Crippen LogP contribution in [0.4, 0.5) is 26.3 Å². The van der Waals surface area contributed by atoms with Gasteiger partial charge in [-0.1, -0.05) is 6.07 Å². The summed E-state index contributed by atoms with van der Waals surface area (Å²) in [4.78, 5) is 4.15. The third kappa shape index (κ3) is 4.57. The highest BCUT2D eigenvalue weighted by molar-refractivity contribution is 7.90. The van der Waals surface area contributed by atoms with Crippen LogP contribution in [0.2, 0.25) is 0 Å². The predicted octanol–water partition coefficient (Wildman–Crippen LogP) is 5.85. The second-order valence-electron chi connectivity index (χ2n) is 9.28. The largest absolute Gasteiger partial charge is 0.417 e. The summed E-state index contributed by atoms with van der Waals surface area (Å²) in [6.07, 6.45) is -4.07. The van der Waals surface area contributed by atoms with E-state index in [2.05, 4.69) is 4.98 Å². The van der Waals surface area contributed by atoms with Gasteiger partial charge in [-0.3, -0.25) is 0 Å². The molecule has 1 aromatic carbocycles. The lowest BCUT2D eigenvalue weighted by molar-refractivity contribution is -0.137. The zero-order valence-electron chi connectivity index (χ0n) is 19.1. The summed E-state index contributed by atoms with van der Waals surface area (Å²) in [5.74, 6) is -1.26. The Bertz CT molecular complexity index is 1520. The maximum absolute atomic E-state index is 15.4. The Morgan fingerprint density at radius 1 is 1.16 bits per heavy atom. The molecule has 0 aliphatic heterocycles. The molecule has 0 amide bonds. The second kappa shape index (κ2) is 9.02.